The third-order valence-corrected chi connectivity index (χ3v) is 4.47. The van der Waals surface area contributed by atoms with E-state index in [1.165, 1.54) is 0 Å². The Morgan fingerprint density at radius 2 is 2.00 bits per heavy atom. The zero-order valence-corrected chi connectivity index (χ0v) is 15.3. The predicted molar refractivity (Wildman–Crippen MR) is 105 cm³/mol. The van der Waals surface area contributed by atoms with Gasteiger partial charge in [0.25, 0.3) is 0 Å². The van der Waals surface area contributed by atoms with Crippen molar-refractivity contribution in [2.75, 3.05) is 23.8 Å². The molecule has 3 rings (SSSR count). The zero-order valence-electron chi connectivity index (χ0n) is 14.5. The first-order valence-corrected chi connectivity index (χ1v) is 8.59. The lowest BCUT2D eigenvalue weighted by Gasteiger charge is -2.30. The van der Waals surface area contributed by atoms with Crippen molar-refractivity contribution in [2.45, 2.75) is 32.6 Å². The zero-order chi connectivity index (χ0) is 16.9. The number of nitrogen functional groups attached to an aromatic ring is 1. The number of carbonyl (C=O) groups is 1. The highest BCUT2D eigenvalue weighted by Crippen LogP contribution is 2.32. The standard InChI is InChI=1S/C20H24N2O2.ClH/c1-2-24-19-11-4-3-7-15(19)12-13-20(23)22-14-6-8-16-17(21)9-5-10-18(16)22;/h3-5,7,9-11H,2,6,8,12-14,21H2,1H3;1H. The lowest BCUT2D eigenvalue weighted by Crippen LogP contribution is -2.35. The molecule has 5 heteroatoms. The van der Waals surface area contributed by atoms with Crippen LogP contribution in [0.4, 0.5) is 11.4 Å². The van der Waals surface area contributed by atoms with E-state index in [2.05, 4.69) is 0 Å². The Morgan fingerprint density at radius 1 is 1.20 bits per heavy atom. The van der Waals surface area contributed by atoms with E-state index in [1.54, 1.807) is 0 Å². The van der Waals surface area contributed by atoms with Gasteiger partial charge in [-0.2, -0.15) is 0 Å². The van der Waals surface area contributed by atoms with Gasteiger partial charge in [0.2, 0.25) is 5.91 Å². The smallest absolute Gasteiger partial charge is 0.227 e. The van der Waals surface area contributed by atoms with Crippen LogP contribution in [0.5, 0.6) is 5.75 Å². The molecule has 4 nitrogen and oxygen atoms in total. The summed E-state index contributed by atoms with van der Waals surface area (Å²) >= 11 is 0. The summed E-state index contributed by atoms with van der Waals surface area (Å²) in [4.78, 5) is 14.6. The van der Waals surface area contributed by atoms with Gasteiger partial charge in [0.05, 0.1) is 6.61 Å². The van der Waals surface area contributed by atoms with E-state index in [1.807, 2.05) is 54.3 Å². The van der Waals surface area contributed by atoms with Gasteiger partial charge in [-0.05, 0) is 55.5 Å². The fraction of sp³-hybridized carbons (Fsp3) is 0.350. The predicted octanol–water partition coefficient (Wildman–Crippen LogP) is 4.00. The van der Waals surface area contributed by atoms with E-state index in [-0.39, 0.29) is 18.3 Å². The number of para-hydroxylation sites is 1. The summed E-state index contributed by atoms with van der Waals surface area (Å²) in [6.07, 6.45) is 3.06. The normalized spacial score (nSPS) is 12.9. The molecule has 1 heterocycles. The number of halogens is 1. The molecule has 0 fully saturated rings. The maximum atomic E-state index is 12.8. The number of amides is 1. The van der Waals surface area contributed by atoms with E-state index in [0.29, 0.717) is 19.4 Å². The molecular weight excluding hydrogens is 336 g/mol. The Labute approximate surface area is 155 Å². The molecule has 2 aromatic rings. The third kappa shape index (κ3) is 4.26. The SMILES string of the molecule is CCOc1ccccc1CCC(=O)N1CCCc2c(N)cccc21.Cl. The molecule has 2 aromatic carbocycles. The highest BCUT2D eigenvalue weighted by atomic mass is 35.5. The van der Waals surface area contributed by atoms with E-state index in [9.17, 15) is 4.79 Å². The Morgan fingerprint density at radius 3 is 2.80 bits per heavy atom. The number of hydrogen-bond donors (Lipinski definition) is 1. The van der Waals surface area contributed by atoms with E-state index in [4.69, 9.17) is 10.5 Å². The summed E-state index contributed by atoms with van der Waals surface area (Å²) < 4.78 is 5.65. The molecule has 2 N–H and O–H groups in total. The second kappa shape index (κ2) is 8.77. The summed E-state index contributed by atoms with van der Waals surface area (Å²) in [5.41, 5.74) is 10.0. The Kier molecular flexibility index (Phi) is 6.71. The molecule has 0 saturated heterocycles. The lowest BCUT2D eigenvalue weighted by molar-refractivity contribution is -0.118. The van der Waals surface area contributed by atoms with E-state index >= 15 is 0 Å². The second-order valence-electron chi connectivity index (χ2n) is 6.03. The van der Waals surface area contributed by atoms with Gasteiger partial charge < -0.3 is 15.4 Å². The molecule has 1 aliphatic rings. The van der Waals surface area contributed by atoms with Crippen LogP contribution in [0.3, 0.4) is 0 Å². The molecule has 0 radical (unpaired) electrons. The third-order valence-electron chi connectivity index (χ3n) is 4.47. The molecule has 1 aliphatic heterocycles. The minimum Gasteiger partial charge on any atom is -0.494 e. The van der Waals surface area contributed by atoms with Crippen LogP contribution in [-0.2, 0) is 17.6 Å². The lowest BCUT2D eigenvalue weighted by atomic mass is 9.99. The van der Waals surface area contributed by atoms with Crippen molar-refractivity contribution in [2.24, 2.45) is 0 Å². The maximum Gasteiger partial charge on any atom is 0.227 e. The molecule has 0 spiro atoms. The van der Waals surface area contributed by atoms with Gasteiger partial charge in [-0.3, -0.25) is 4.79 Å². The number of hydrogen-bond acceptors (Lipinski definition) is 3. The average molecular weight is 361 g/mol. The van der Waals surface area contributed by atoms with E-state index in [0.717, 1.165) is 47.6 Å². The molecule has 25 heavy (non-hydrogen) atoms. The number of carbonyl (C=O) groups excluding carboxylic acids is 1. The van der Waals surface area contributed by atoms with Crippen molar-refractivity contribution >= 4 is 29.7 Å². The Balaban J connectivity index is 0.00000225. The van der Waals surface area contributed by atoms with Crippen molar-refractivity contribution in [3.05, 3.63) is 53.6 Å². The summed E-state index contributed by atoms with van der Waals surface area (Å²) in [7, 11) is 0. The fourth-order valence-electron chi connectivity index (χ4n) is 3.29. The first-order valence-electron chi connectivity index (χ1n) is 8.59. The van der Waals surface area contributed by atoms with Crippen LogP contribution < -0.4 is 15.4 Å². The van der Waals surface area contributed by atoms with Crippen LogP contribution >= 0.6 is 12.4 Å². The number of aryl methyl sites for hydroxylation is 1. The Bertz CT molecular complexity index is 733. The van der Waals surface area contributed by atoms with Crippen LogP contribution in [0.1, 0.15) is 30.9 Å². The first-order chi connectivity index (χ1) is 11.7. The van der Waals surface area contributed by atoms with Crippen LogP contribution in [0.2, 0.25) is 0 Å². The summed E-state index contributed by atoms with van der Waals surface area (Å²) in [6, 6.07) is 13.8. The van der Waals surface area contributed by atoms with Gasteiger partial charge in [-0.25, -0.2) is 0 Å². The van der Waals surface area contributed by atoms with E-state index < -0.39 is 0 Å². The quantitative estimate of drug-likeness (QED) is 0.820. The molecular formula is C20H25ClN2O2. The molecule has 0 aliphatic carbocycles. The van der Waals surface area contributed by atoms with Crippen molar-refractivity contribution in [3.63, 3.8) is 0 Å². The topological polar surface area (TPSA) is 55.6 Å². The molecule has 0 aromatic heterocycles. The number of fused-ring (bicyclic) bond motifs is 1. The summed E-state index contributed by atoms with van der Waals surface area (Å²) in [5, 5.41) is 0. The van der Waals surface area contributed by atoms with Crippen molar-refractivity contribution < 1.29 is 9.53 Å². The van der Waals surface area contributed by atoms with Gasteiger partial charge in [0.1, 0.15) is 5.75 Å². The highest BCUT2D eigenvalue weighted by Gasteiger charge is 2.23. The summed E-state index contributed by atoms with van der Waals surface area (Å²) in [5.74, 6) is 1.02. The fourth-order valence-corrected chi connectivity index (χ4v) is 3.29. The molecule has 134 valence electrons. The number of nitrogens with zero attached hydrogens (tertiary/aromatic N) is 1. The number of benzene rings is 2. The number of nitrogens with two attached hydrogens (primary N) is 1. The van der Waals surface area contributed by atoms with Crippen LogP contribution in [0.15, 0.2) is 42.5 Å². The van der Waals surface area contributed by atoms with Crippen molar-refractivity contribution in [1.82, 2.24) is 0 Å². The summed E-state index contributed by atoms with van der Waals surface area (Å²) in [6.45, 7) is 3.36. The van der Waals surface area contributed by atoms with Crippen LogP contribution in [0, 0.1) is 0 Å². The second-order valence-corrected chi connectivity index (χ2v) is 6.03. The average Bonchev–Trinajstić information content (AvgIpc) is 2.61. The van der Waals surface area contributed by atoms with Crippen molar-refractivity contribution in [1.29, 1.82) is 0 Å². The molecule has 0 saturated carbocycles. The first kappa shape index (κ1) is 19.1. The number of rotatable bonds is 5. The molecule has 1 amide bonds. The largest absolute Gasteiger partial charge is 0.494 e. The van der Waals surface area contributed by atoms with Crippen molar-refractivity contribution in [3.8, 4) is 5.75 Å². The highest BCUT2D eigenvalue weighted by molar-refractivity contribution is 5.95. The number of anilines is 2. The molecule has 0 atom stereocenters. The van der Waals surface area contributed by atoms with Gasteiger partial charge in [-0.1, -0.05) is 24.3 Å². The van der Waals surface area contributed by atoms with Crippen LogP contribution in [-0.4, -0.2) is 19.1 Å². The maximum absolute atomic E-state index is 12.8. The van der Waals surface area contributed by atoms with Crippen LogP contribution in [0.25, 0.3) is 0 Å². The Hall–Kier alpha value is -2.20. The monoisotopic (exact) mass is 360 g/mol. The number of ether oxygens (including phenoxy) is 1. The van der Waals surface area contributed by atoms with Gasteiger partial charge in [0.15, 0.2) is 0 Å². The molecule has 0 bridgehead atoms. The molecule has 0 unspecified atom stereocenters. The minimum atomic E-state index is 0. The van der Waals surface area contributed by atoms with Gasteiger partial charge in [0, 0.05) is 24.3 Å². The minimum absolute atomic E-state index is 0. The van der Waals surface area contributed by atoms with Gasteiger partial charge >= 0.3 is 0 Å². The van der Waals surface area contributed by atoms with Gasteiger partial charge in [-0.15, -0.1) is 12.4 Å².